The van der Waals surface area contributed by atoms with Crippen LogP contribution in [-0.4, -0.2) is 64.0 Å². The zero-order chi connectivity index (χ0) is 50.2. The highest BCUT2D eigenvalue weighted by Gasteiger charge is 2.17. The number of anilines is 3. The van der Waals surface area contributed by atoms with Crippen molar-refractivity contribution in [1.29, 1.82) is 0 Å². The van der Waals surface area contributed by atoms with Gasteiger partial charge in [0, 0.05) is 58.0 Å². The predicted molar refractivity (Wildman–Crippen MR) is 292 cm³/mol. The Labute approximate surface area is 425 Å². The minimum atomic E-state index is -0.379. The number of nitrogens with zero attached hydrogens (tertiary/aromatic N) is 3. The largest absolute Gasteiger partial charge is 0.378 e. The summed E-state index contributed by atoms with van der Waals surface area (Å²) in [5, 5.41) is 6.02. The molecule has 0 atom stereocenters. The Bertz CT molecular complexity index is 3010. The van der Waals surface area contributed by atoms with E-state index in [1.807, 2.05) is 164 Å². The van der Waals surface area contributed by atoms with Crippen molar-refractivity contribution in [2.75, 3.05) is 41.8 Å². The number of hydrogen-bond donors (Lipinski definition) is 5. The third kappa shape index (κ3) is 13.3. The van der Waals surface area contributed by atoms with Crippen LogP contribution in [0.1, 0.15) is 74.7 Å². The topological polar surface area (TPSA) is 171 Å². The second-order valence-corrected chi connectivity index (χ2v) is 17.9. The summed E-state index contributed by atoms with van der Waals surface area (Å²) in [5.74, 6) is 1.57. The van der Waals surface area contributed by atoms with Crippen LogP contribution in [-0.2, 0) is 4.74 Å². The highest BCUT2D eigenvalue weighted by Crippen LogP contribution is 2.33. The molecule has 12 nitrogen and oxygen atoms in total. The molecule has 1 saturated carbocycles. The molecule has 3 heterocycles. The van der Waals surface area contributed by atoms with Crippen molar-refractivity contribution in [1.82, 2.24) is 19.9 Å². The van der Waals surface area contributed by atoms with Gasteiger partial charge >= 0.3 is 0 Å². The molecule has 0 unspecified atom stereocenters. The van der Waals surface area contributed by atoms with Gasteiger partial charge in [0.1, 0.15) is 11.6 Å². The number of hydrogen-bond acceptors (Lipinski definition) is 7. The first kappa shape index (κ1) is 49.1. The standard InChI is InChI=1S/C28H27N3O.C26H24N4O2.C7H7NO/c32-28(23-16-14-21(15-17-23)20-8-3-1-4-9-20)30-25-13-7-12-24(18-25)27-29-19-26(31-27)22-10-5-2-6-11-22;31-26(20-9-11-23(12-10-20)30-13-15-32-16-14-30)28-22-8-4-7-21(17-22)25-27-18-24(29-25)19-5-2-1-3-6-19;8-7(9)6-4-2-1-3-5-6/h2,5-7,10-20H,1,3-4,8-9H2,(H,29,31)(H,30,32);1-12,17-18H,13-16H2,(H,27,29)(H,28,31);1-5H,(H2,8,9). The van der Waals surface area contributed by atoms with Gasteiger partial charge in [-0.15, -0.1) is 0 Å². The molecule has 7 aromatic carbocycles. The Hall–Kier alpha value is -8.87. The molecular formula is C61H58N8O4. The van der Waals surface area contributed by atoms with Crippen LogP contribution >= 0.6 is 0 Å². The molecule has 3 amide bonds. The van der Waals surface area contributed by atoms with Crippen LogP contribution in [0.5, 0.6) is 0 Å². The predicted octanol–water partition coefficient (Wildman–Crippen LogP) is 12.7. The molecule has 0 bridgehead atoms. The van der Waals surface area contributed by atoms with E-state index in [9.17, 15) is 14.4 Å². The maximum absolute atomic E-state index is 12.8. The summed E-state index contributed by atoms with van der Waals surface area (Å²) in [6.07, 6.45) is 10.2. The Morgan fingerprint density at radius 2 is 0.959 bits per heavy atom. The van der Waals surface area contributed by atoms with Gasteiger partial charge in [-0.1, -0.05) is 135 Å². The number of carbonyl (C=O) groups excluding carboxylic acids is 3. The molecule has 0 radical (unpaired) electrons. The van der Waals surface area contributed by atoms with Gasteiger partial charge in [-0.25, -0.2) is 9.97 Å². The molecule has 6 N–H and O–H groups in total. The first-order valence-corrected chi connectivity index (χ1v) is 24.7. The molecule has 73 heavy (non-hydrogen) atoms. The zero-order valence-electron chi connectivity index (χ0n) is 40.5. The van der Waals surface area contributed by atoms with Gasteiger partial charge in [-0.05, 0) is 108 Å². The number of carbonyl (C=O) groups is 3. The molecule has 2 aliphatic rings. The number of aromatic amines is 2. The average molecular weight is 967 g/mol. The van der Waals surface area contributed by atoms with E-state index in [1.165, 1.54) is 37.7 Å². The summed E-state index contributed by atoms with van der Waals surface area (Å²) >= 11 is 0. The number of imidazole rings is 2. The highest BCUT2D eigenvalue weighted by atomic mass is 16.5. The Balaban J connectivity index is 0.000000154. The number of amides is 3. The van der Waals surface area contributed by atoms with Crippen LogP contribution < -0.4 is 21.3 Å². The quantitative estimate of drug-likeness (QED) is 0.0858. The van der Waals surface area contributed by atoms with Crippen molar-refractivity contribution in [2.24, 2.45) is 5.73 Å². The minimum absolute atomic E-state index is 0.0956. The third-order valence-electron chi connectivity index (χ3n) is 12.9. The van der Waals surface area contributed by atoms with E-state index in [0.717, 1.165) is 88.7 Å². The summed E-state index contributed by atoms with van der Waals surface area (Å²) in [6, 6.07) is 60.2. The first-order valence-electron chi connectivity index (χ1n) is 24.7. The van der Waals surface area contributed by atoms with Crippen LogP contribution in [0.2, 0.25) is 0 Å². The highest BCUT2D eigenvalue weighted by molar-refractivity contribution is 6.05. The van der Waals surface area contributed by atoms with Crippen molar-refractivity contribution in [3.63, 3.8) is 0 Å². The second kappa shape index (κ2) is 24.3. The van der Waals surface area contributed by atoms with E-state index < -0.39 is 0 Å². The second-order valence-electron chi connectivity index (χ2n) is 17.9. The molecule has 11 rings (SSSR count). The first-order chi connectivity index (χ1) is 35.8. The average Bonchev–Trinajstić information content (AvgIpc) is 4.17. The van der Waals surface area contributed by atoms with E-state index in [0.29, 0.717) is 22.6 Å². The number of nitrogens with two attached hydrogens (primary N) is 1. The van der Waals surface area contributed by atoms with Gasteiger partial charge in [-0.2, -0.15) is 0 Å². The number of H-pyrrole nitrogens is 2. The fourth-order valence-electron chi connectivity index (χ4n) is 8.95. The van der Waals surface area contributed by atoms with Crippen molar-refractivity contribution >= 4 is 34.8 Å². The van der Waals surface area contributed by atoms with Crippen molar-refractivity contribution in [2.45, 2.75) is 38.0 Å². The lowest BCUT2D eigenvalue weighted by atomic mass is 9.84. The Morgan fingerprint density at radius 3 is 1.42 bits per heavy atom. The number of primary amides is 1. The van der Waals surface area contributed by atoms with Gasteiger partial charge in [0.05, 0.1) is 37.0 Å². The van der Waals surface area contributed by atoms with Crippen LogP contribution in [0.15, 0.2) is 200 Å². The summed E-state index contributed by atoms with van der Waals surface area (Å²) in [5.41, 5.74) is 16.7. The van der Waals surface area contributed by atoms with E-state index in [2.05, 4.69) is 47.6 Å². The van der Waals surface area contributed by atoms with E-state index in [-0.39, 0.29) is 17.7 Å². The third-order valence-corrected chi connectivity index (χ3v) is 12.9. The number of nitrogens with one attached hydrogen (secondary N) is 4. The SMILES string of the molecule is NC(=O)c1ccccc1.O=C(Nc1cccc(-c2ncc(-c3ccccc3)[nH]2)c1)c1ccc(C2CCCCC2)cc1.O=C(Nc1cccc(-c2ncc(-c3ccccc3)[nH]2)c1)c1ccc(N2CCOCC2)cc1. The maximum atomic E-state index is 12.8. The Kier molecular flexibility index (Phi) is 16.4. The van der Waals surface area contributed by atoms with Gasteiger partial charge in [0.25, 0.3) is 11.8 Å². The van der Waals surface area contributed by atoms with Gasteiger partial charge < -0.3 is 36.0 Å². The zero-order valence-corrected chi connectivity index (χ0v) is 40.5. The molecule has 1 saturated heterocycles. The summed E-state index contributed by atoms with van der Waals surface area (Å²) in [4.78, 5) is 54.0. The monoisotopic (exact) mass is 966 g/mol. The maximum Gasteiger partial charge on any atom is 0.255 e. The van der Waals surface area contributed by atoms with Gasteiger partial charge in [-0.3, -0.25) is 14.4 Å². The van der Waals surface area contributed by atoms with E-state index >= 15 is 0 Å². The number of morpholine rings is 1. The molecule has 9 aromatic rings. The van der Waals surface area contributed by atoms with Crippen LogP contribution in [0.25, 0.3) is 45.3 Å². The smallest absolute Gasteiger partial charge is 0.255 e. The Morgan fingerprint density at radius 1 is 0.507 bits per heavy atom. The number of ether oxygens (including phenoxy) is 1. The van der Waals surface area contributed by atoms with Gasteiger partial charge in [0.15, 0.2) is 0 Å². The van der Waals surface area contributed by atoms with E-state index in [1.54, 1.807) is 24.3 Å². The molecule has 2 aromatic heterocycles. The van der Waals surface area contributed by atoms with Gasteiger partial charge in [0.2, 0.25) is 5.91 Å². The van der Waals surface area contributed by atoms with E-state index in [4.69, 9.17) is 10.5 Å². The van der Waals surface area contributed by atoms with Crippen LogP contribution in [0, 0.1) is 0 Å². The molecule has 366 valence electrons. The van der Waals surface area contributed by atoms with Crippen molar-refractivity contribution < 1.29 is 19.1 Å². The molecule has 1 aliphatic carbocycles. The van der Waals surface area contributed by atoms with Crippen molar-refractivity contribution in [3.05, 3.63) is 223 Å². The van der Waals surface area contributed by atoms with Crippen molar-refractivity contribution in [3.8, 4) is 45.3 Å². The number of aromatic nitrogens is 4. The molecule has 2 fully saturated rings. The summed E-state index contributed by atoms with van der Waals surface area (Å²) < 4.78 is 5.40. The molecular weight excluding hydrogens is 909 g/mol. The van der Waals surface area contributed by atoms with Crippen LogP contribution in [0.3, 0.4) is 0 Å². The summed E-state index contributed by atoms with van der Waals surface area (Å²) in [6.45, 7) is 3.22. The lowest BCUT2D eigenvalue weighted by molar-refractivity contribution is 0.0996. The number of benzene rings is 7. The molecule has 1 aliphatic heterocycles. The molecule has 12 heteroatoms. The fraction of sp³-hybridized carbons (Fsp3) is 0.164. The normalized spacial score (nSPS) is 13.3. The lowest BCUT2D eigenvalue weighted by Gasteiger charge is -2.28. The summed E-state index contributed by atoms with van der Waals surface area (Å²) in [7, 11) is 0. The fourth-order valence-corrected chi connectivity index (χ4v) is 8.95. The lowest BCUT2D eigenvalue weighted by Crippen LogP contribution is -2.36. The number of rotatable bonds is 11. The van der Waals surface area contributed by atoms with Crippen LogP contribution in [0.4, 0.5) is 17.1 Å². The minimum Gasteiger partial charge on any atom is -0.378 e. The molecule has 0 spiro atoms.